The molecule has 0 radical (unpaired) electrons. The number of benzene rings is 1. The van der Waals surface area contributed by atoms with Crippen LogP contribution in [0.15, 0.2) is 47.0 Å². The van der Waals surface area contributed by atoms with Crippen molar-refractivity contribution in [3.63, 3.8) is 0 Å². The van der Waals surface area contributed by atoms with E-state index in [1.54, 1.807) is 18.0 Å². The number of aliphatic imine (C=N–C) groups is 2. The molecule has 0 bridgehead atoms. The average molecular weight is 478 g/mol. The van der Waals surface area contributed by atoms with Crippen LogP contribution in [0, 0.1) is 5.82 Å². The average Bonchev–Trinajstić information content (AvgIpc) is 2.82. The summed E-state index contributed by atoms with van der Waals surface area (Å²) in [4.78, 5) is 26.0. The number of nitrogens with one attached hydrogen (secondary N) is 1. The highest BCUT2D eigenvalue weighted by Crippen LogP contribution is 2.31. The van der Waals surface area contributed by atoms with Gasteiger partial charge in [-0.15, -0.1) is 0 Å². The minimum absolute atomic E-state index is 0.0883. The zero-order valence-corrected chi connectivity index (χ0v) is 19.0. The van der Waals surface area contributed by atoms with E-state index < -0.39 is 5.82 Å². The molecule has 0 unspecified atom stereocenters. The topological polar surface area (TPSA) is 79.2 Å². The molecule has 168 valence electrons. The SMILES string of the molecule is C=CC(=O)N1CCC(Oc2cc(C(=NC)Nc3ccc(Cl)c(Cl)c3F)c(N=C)cn2)CC1. The largest absolute Gasteiger partial charge is 0.474 e. The molecule has 3 rings (SSSR count). The highest BCUT2D eigenvalue weighted by Gasteiger charge is 2.23. The van der Waals surface area contributed by atoms with E-state index in [0.717, 1.165) is 0 Å². The minimum atomic E-state index is -0.695. The van der Waals surface area contributed by atoms with E-state index in [0.29, 0.717) is 48.9 Å². The number of aromatic nitrogens is 1. The summed E-state index contributed by atoms with van der Waals surface area (Å²) in [6.45, 7) is 8.24. The first-order valence-corrected chi connectivity index (χ1v) is 10.6. The number of amides is 1. The first kappa shape index (κ1) is 23.7. The van der Waals surface area contributed by atoms with E-state index >= 15 is 0 Å². The third-order valence-corrected chi connectivity index (χ3v) is 5.79. The molecule has 0 aliphatic carbocycles. The number of halogens is 3. The number of carbonyl (C=O) groups excluding carboxylic acids is 1. The summed E-state index contributed by atoms with van der Waals surface area (Å²) < 4.78 is 20.5. The Labute approximate surface area is 195 Å². The summed E-state index contributed by atoms with van der Waals surface area (Å²) in [5.74, 6) is -0.101. The number of pyridine rings is 1. The molecule has 1 aliphatic heterocycles. The molecular weight excluding hydrogens is 456 g/mol. The minimum Gasteiger partial charge on any atom is -0.474 e. The fraction of sp³-hybridized carbons (Fsp3) is 0.273. The lowest BCUT2D eigenvalue weighted by atomic mass is 10.1. The molecule has 1 amide bonds. The Kier molecular flexibility index (Phi) is 7.82. The van der Waals surface area contributed by atoms with E-state index in [2.05, 4.69) is 33.6 Å². The zero-order valence-electron chi connectivity index (χ0n) is 17.4. The molecule has 2 heterocycles. The highest BCUT2D eigenvalue weighted by atomic mass is 35.5. The summed E-state index contributed by atoms with van der Waals surface area (Å²) in [7, 11) is 1.55. The summed E-state index contributed by atoms with van der Waals surface area (Å²) in [5, 5.41) is 2.84. The Hall–Kier alpha value is -2.97. The molecular formula is C22H22Cl2FN5O2. The number of rotatable bonds is 6. The standard InChI is InChI=1S/C22H22Cl2FN5O2/c1-4-19(31)30-9-7-13(8-10-30)32-18-11-14(17(26-2)12-28-18)22(27-3)29-16-6-5-15(23)20(24)21(16)25/h4-6,11-13H,1-2,7-10H2,3H3,(H,27,29). The van der Waals surface area contributed by atoms with E-state index in [1.807, 2.05) is 0 Å². The predicted octanol–water partition coefficient (Wildman–Crippen LogP) is 4.90. The van der Waals surface area contributed by atoms with Crippen molar-refractivity contribution < 1.29 is 13.9 Å². The molecule has 10 heteroatoms. The Morgan fingerprint density at radius 3 is 2.72 bits per heavy atom. The number of carbonyl (C=O) groups is 1. The number of ether oxygens (including phenoxy) is 1. The number of amidine groups is 1. The van der Waals surface area contributed by atoms with Crippen molar-refractivity contribution in [2.75, 3.05) is 25.5 Å². The number of piperidine rings is 1. The van der Waals surface area contributed by atoms with Crippen LogP contribution in [0.4, 0.5) is 15.8 Å². The Balaban J connectivity index is 1.80. The Morgan fingerprint density at radius 2 is 2.09 bits per heavy atom. The fourth-order valence-electron chi connectivity index (χ4n) is 3.30. The van der Waals surface area contributed by atoms with Gasteiger partial charge in [0.15, 0.2) is 5.82 Å². The van der Waals surface area contributed by atoms with Crippen LogP contribution in [-0.4, -0.2) is 54.6 Å². The molecule has 32 heavy (non-hydrogen) atoms. The normalized spacial score (nSPS) is 14.8. The molecule has 1 N–H and O–H groups in total. The third kappa shape index (κ3) is 5.26. The van der Waals surface area contributed by atoms with Crippen molar-refractivity contribution in [2.24, 2.45) is 9.98 Å². The summed E-state index contributed by atoms with van der Waals surface area (Å²) in [6, 6.07) is 4.61. The monoisotopic (exact) mass is 477 g/mol. The lowest BCUT2D eigenvalue weighted by Crippen LogP contribution is -2.41. The molecule has 1 fully saturated rings. The Bertz CT molecular complexity index is 1070. The number of anilines is 1. The van der Waals surface area contributed by atoms with E-state index in [4.69, 9.17) is 27.9 Å². The van der Waals surface area contributed by atoms with Gasteiger partial charge in [0, 0.05) is 44.6 Å². The van der Waals surface area contributed by atoms with Gasteiger partial charge in [-0.3, -0.25) is 14.8 Å². The van der Waals surface area contributed by atoms with Gasteiger partial charge in [0.05, 0.1) is 27.6 Å². The van der Waals surface area contributed by atoms with Crippen LogP contribution in [0.3, 0.4) is 0 Å². The number of hydrogen-bond donors (Lipinski definition) is 1. The maximum Gasteiger partial charge on any atom is 0.245 e. The van der Waals surface area contributed by atoms with Gasteiger partial charge in [0.1, 0.15) is 11.9 Å². The number of nitrogens with zero attached hydrogens (tertiary/aromatic N) is 4. The van der Waals surface area contributed by atoms with Crippen LogP contribution < -0.4 is 10.1 Å². The van der Waals surface area contributed by atoms with Gasteiger partial charge in [-0.2, -0.15) is 0 Å². The van der Waals surface area contributed by atoms with Crippen LogP contribution in [0.5, 0.6) is 5.88 Å². The fourth-order valence-corrected chi connectivity index (χ4v) is 3.61. The van der Waals surface area contributed by atoms with Crippen molar-refractivity contribution in [1.82, 2.24) is 9.88 Å². The first-order valence-electron chi connectivity index (χ1n) is 9.80. The molecule has 1 aromatic heterocycles. The molecule has 0 atom stereocenters. The second kappa shape index (κ2) is 10.6. The van der Waals surface area contributed by atoms with Gasteiger partial charge in [-0.25, -0.2) is 9.37 Å². The lowest BCUT2D eigenvalue weighted by molar-refractivity contribution is -0.127. The molecule has 2 aromatic rings. The summed E-state index contributed by atoms with van der Waals surface area (Å²) in [5.41, 5.74) is 1.07. The van der Waals surface area contributed by atoms with Crippen LogP contribution >= 0.6 is 23.2 Å². The maximum atomic E-state index is 14.5. The zero-order chi connectivity index (χ0) is 23.3. The Morgan fingerprint density at radius 1 is 1.38 bits per heavy atom. The van der Waals surface area contributed by atoms with Crippen LogP contribution in [0.25, 0.3) is 0 Å². The van der Waals surface area contributed by atoms with Crippen LogP contribution in [0.2, 0.25) is 10.0 Å². The number of likely N-dealkylation sites (tertiary alicyclic amines) is 1. The maximum absolute atomic E-state index is 14.5. The lowest BCUT2D eigenvalue weighted by Gasteiger charge is -2.31. The molecule has 1 aromatic carbocycles. The second-order valence-corrected chi connectivity index (χ2v) is 7.75. The molecule has 1 saturated heterocycles. The van der Waals surface area contributed by atoms with Crippen molar-refractivity contribution in [3.8, 4) is 5.88 Å². The van der Waals surface area contributed by atoms with Crippen molar-refractivity contribution in [3.05, 3.63) is 58.5 Å². The van der Waals surface area contributed by atoms with Gasteiger partial charge in [0.25, 0.3) is 0 Å². The summed E-state index contributed by atoms with van der Waals surface area (Å²) in [6.07, 6.45) is 4.05. The molecule has 0 spiro atoms. The third-order valence-electron chi connectivity index (χ3n) is 5.01. The van der Waals surface area contributed by atoms with E-state index in [-0.39, 0.29) is 27.7 Å². The van der Waals surface area contributed by atoms with E-state index in [9.17, 15) is 9.18 Å². The van der Waals surface area contributed by atoms with Crippen molar-refractivity contribution in [1.29, 1.82) is 0 Å². The van der Waals surface area contributed by atoms with Crippen LogP contribution in [-0.2, 0) is 4.79 Å². The van der Waals surface area contributed by atoms with Gasteiger partial charge in [0.2, 0.25) is 11.8 Å². The van der Waals surface area contributed by atoms with Gasteiger partial charge >= 0.3 is 0 Å². The second-order valence-electron chi connectivity index (χ2n) is 6.96. The molecule has 0 saturated carbocycles. The molecule has 7 nitrogen and oxygen atoms in total. The van der Waals surface area contributed by atoms with Crippen molar-refractivity contribution >= 4 is 53.0 Å². The molecule has 1 aliphatic rings. The highest BCUT2D eigenvalue weighted by molar-refractivity contribution is 6.42. The van der Waals surface area contributed by atoms with Gasteiger partial charge in [-0.1, -0.05) is 29.8 Å². The first-order chi connectivity index (χ1) is 15.4. The van der Waals surface area contributed by atoms with Gasteiger partial charge < -0.3 is 15.0 Å². The summed E-state index contributed by atoms with van der Waals surface area (Å²) >= 11 is 11.8. The smallest absolute Gasteiger partial charge is 0.245 e. The van der Waals surface area contributed by atoms with Gasteiger partial charge in [-0.05, 0) is 24.9 Å². The van der Waals surface area contributed by atoms with Crippen LogP contribution in [0.1, 0.15) is 18.4 Å². The number of hydrogen-bond acceptors (Lipinski definition) is 5. The predicted molar refractivity (Wildman–Crippen MR) is 126 cm³/mol. The quantitative estimate of drug-likeness (QED) is 0.277. The van der Waals surface area contributed by atoms with Crippen molar-refractivity contribution in [2.45, 2.75) is 18.9 Å². The van der Waals surface area contributed by atoms with E-state index in [1.165, 1.54) is 24.4 Å².